The predicted molar refractivity (Wildman–Crippen MR) is 103 cm³/mol. The average molecular weight is 385 g/mol. The number of hydrogen-bond acceptors (Lipinski definition) is 9. The highest BCUT2D eigenvalue weighted by Crippen LogP contribution is 2.42. The van der Waals surface area contributed by atoms with Gasteiger partial charge in [-0.1, -0.05) is 0 Å². The van der Waals surface area contributed by atoms with Crippen LogP contribution in [0.15, 0.2) is 28.9 Å². The fraction of sp³-hybridized carbons (Fsp3) is 0.333. The fourth-order valence-corrected chi connectivity index (χ4v) is 3.45. The van der Waals surface area contributed by atoms with E-state index >= 15 is 0 Å². The van der Waals surface area contributed by atoms with Crippen molar-refractivity contribution >= 4 is 33.8 Å². The molecule has 1 fully saturated rings. The molecule has 0 amide bonds. The number of methoxy groups -OCH3 is 2. The number of aromatic nitrogens is 2. The second-order valence-corrected chi connectivity index (χ2v) is 6.40. The van der Waals surface area contributed by atoms with Gasteiger partial charge in [-0.25, -0.2) is 4.63 Å². The van der Waals surface area contributed by atoms with Gasteiger partial charge in [-0.15, -0.1) is 0 Å². The van der Waals surface area contributed by atoms with E-state index in [9.17, 15) is 10.1 Å². The third-order valence-corrected chi connectivity index (χ3v) is 4.80. The highest BCUT2D eigenvalue weighted by molar-refractivity contribution is 6.01. The van der Waals surface area contributed by atoms with Gasteiger partial charge < -0.3 is 19.7 Å². The highest BCUT2D eigenvalue weighted by atomic mass is 16.6. The van der Waals surface area contributed by atoms with Crippen molar-refractivity contribution in [3.05, 3.63) is 34.4 Å². The number of nitro benzene ring substituents is 1. The second-order valence-electron chi connectivity index (χ2n) is 6.40. The largest absolute Gasteiger partial charge is 0.497 e. The molecule has 0 unspecified atom stereocenters. The summed E-state index contributed by atoms with van der Waals surface area (Å²) < 4.78 is 15.5. The molecule has 2 aromatic carbocycles. The summed E-state index contributed by atoms with van der Waals surface area (Å²) in [6.07, 6.45) is 1.97. The monoisotopic (exact) mass is 385 g/mol. The molecular formula is C18H19N5O5. The molecule has 0 saturated carbocycles. The van der Waals surface area contributed by atoms with Crippen molar-refractivity contribution in [3.63, 3.8) is 0 Å². The molecule has 4 rings (SSSR count). The van der Waals surface area contributed by atoms with Gasteiger partial charge >= 0.3 is 5.69 Å². The molecule has 0 aliphatic carbocycles. The van der Waals surface area contributed by atoms with Gasteiger partial charge in [0, 0.05) is 19.2 Å². The zero-order valence-corrected chi connectivity index (χ0v) is 15.5. The molecule has 146 valence electrons. The minimum Gasteiger partial charge on any atom is -0.497 e. The number of anilines is 3. The van der Waals surface area contributed by atoms with Crippen LogP contribution in [0.5, 0.6) is 11.5 Å². The van der Waals surface area contributed by atoms with E-state index in [1.54, 1.807) is 38.5 Å². The predicted octanol–water partition coefficient (Wildman–Crippen LogP) is 3.49. The lowest BCUT2D eigenvalue weighted by molar-refractivity contribution is -0.382. The summed E-state index contributed by atoms with van der Waals surface area (Å²) in [6, 6.07) is 7.04. The lowest BCUT2D eigenvalue weighted by Gasteiger charge is -2.19. The lowest BCUT2D eigenvalue weighted by Crippen LogP contribution is -2.19. The Labute approximate surface area is 160 Å². The fourth-order valence-electron chi connectivity index (χ4n) is 3.45. The normalized spacial score (nSPS) is 13.7. The van der Waals surface area contributed by atoms with Crippen molar-refractivity contribution in [1.29, 1.82) is 0 Å². The molecule has 1 aliphatic rings. The number of ether oxygens (including phenoxy) is 2. The molecule has 1 aliphatic heterocycles. The van der Waals surface area contributed by atoms with Gasteiger partial charge in [0.25, 0.3) is 0 Å². The Hall–Kier alpha value is -3.56. The Morgan fingerprint density at radius 1 is 1.11 bits per heavy atom. The quantitative estimate of drug-likeness (QED) is 0.502. The summed E-state index contributed by atoms with van der Waals surface area (Å²) in [5.41, 5.74) is 1.96. The molecule has 28 heavy (non-hydrogen) atoms. The van der Waals surface area contributed by atoms with Crippen molar-refractivity contribution in [1.82, 2.24) is 10.3 Å². The van der Waals surface area contributed by atoms with Gasteiger partial charge in [0.15, 0.2) is 5.52 Å². The standard InChI is InChI=1S/C18H19N5O5/c1-26-11-5-6-15(27-2)12(9-11)19-13-10-14(22-7-3-4-8-22)18(23(24)25)17-16(13)20-28-21-17/h5-6,9-10,19H,3-4,7-8H2,1-2H3. The Balaban J connectivity index is 1.87. The molecule has 0 spiro atoms. The van der Waals surface area contributed by atoms with Crippen molar-refractivity contribution in [2.24, 2.45) is 0 Å². The molecule has 3 aromatic rings. The number of fused-ring (bicyclic) bond motifs is 1. The molecule has 0 atom stereocenters. The summed E-state index contributed by atoms with van der Waals surface area (Å²) in [5.74, 6) is 1.23. The van der Waals surface area contributed by atoms with E-state index in [1.807, 2.05) is 4.90 Å². The first-order valence-corrected chi connectivity index (χ1v) is 8.80. The van der Waals surface area contributed by atoms with E-state index in [0.29, 0.717) is 28.6 Å². The van der Waals surface area contributed by atoms with Crippen molar-refractivity contribution in [3.8, 4) is 11.5 Å². The second kappa shape index (κ2) is 7.22. The van der Waals surface area contributed by atoms with Crippen LogP contribution in [0.2, 0.25) is 0 Å². The van der Waals surface area contributed by atoms with Crippen molar-refractivity contribution in [2.75, 3.05) is 37.5 Å². The zero-order chi connectivity index (χ0) is 19.7. The first-order chi connectivity index (χ1) is 13.6. The summed E-state index contributed by atoms with van der Waals surface area (Å²) in [4.78, 5) is 13.3. The van der Waals surface area contributed by atoms with Crippen molar-refractivity contribution < 1.29 is 19.0 Å². The van der Waals surface area contributed by atoms with Gasteiger partial charge in [-0.3, -0.25) is 10.1 Å². The molecule has 0 radical (unpaired) electrons. The zero-order valence-electron chi connectivity index (χ0n) is 15.5. The van der Waals surface area contributed by atoms with Crippen LogP contribution >= 0.6 is 0 Å². The molecular weight excluding hydrogens is 366 g/mol. The minimum atomic E-state index is -0.434. The number of benzene rings is 2. The molecule has 1 aromatic heterocycles. The minimum absolute atomic E-state index is 0.0960. The Bertz CT molecular complexity index is 1030. The van der Waals surface area contributed by atoms with Crippen molar-refractivity contribution in [2.45, 2.75) is 12.8 Å². The van der Waals surface area contributed by atoms with E-state index in [4.69, 9.17) is 14.1 Å². The molecule has 0 bridgehead atoms. The maximum atomic E-state index is 11.8. The van der Waals surface area contributed by atoms with Gasteiger partial charge in [-0.2, -0.15) is 0 Å². The van der Waals surface area contributed by atoms with Crippen LogP contribution in [0.3, 0.4) is 0 Å². The average Bonchev–Trinajstić information content (AvgIpc) is 3.39. The number of nitrogens with one attached hydrogen (secondary N) is 1. The summed E-state index contributed by atoms with van der Waals surface area (Å²) in [5, 5.41) is 22.7. The van der Waals surface area contributed by atoms with Gasteiger partial charge in [0.2, 0.25) is 5.52 Å². The summed E-state index contributed by atoms with van der Waals surface area (Å²) in [6.45, 7) is 1.50. The highest BCUT2D eigenvalue weighted by Gasteiger charge is 2.30. The van der Waals surface area contributed by atoms with E-state index in [2.05, 4.69) is 15.6 Å². The van der Waals surface area contributed by atoms with Gasteiger partial charge in [0.05, 0.1) is 30.5 Å². The van der Waals surface area contributed by atoms with Crippen LogP contribution in [0, 0.1) is 10.1 Å². The molecule has 1 saturated heterocycles. The van der Waals surface area contributed by atoms with E-state index in [-0.39, 0.29) is 16.7 Å². The SMILES string of the molecule is COc1ccc(OC)c(Nc2cc(N3CCCC3)c([N+](=O)[O-])c3nonc23)c1. The third kappa shape index (κ3) is 3.02. The first kappa shape index (κ1) is 17.8. The smallest absolute Gasteiger partial charge is 0.323 e. The first-order valence-electron chi connectivity index (χ1n) is 8.80. The maximum absolute atomic E-state index is 11.8. The van der Waals surface area contributed by atoms with Crippen LogP contribution in [0.25, 0.3) is 11.0 Å². The Morgan fingerprint density at radius 2 is 1.86 bits per heavy atom. The van der Waals surface area contributed by atoms with Gasteiger partial charge in [-0.05, 0) is 41.4 Å². The number of hydrogen-bond donors (Lipinski definition) is 1. The Morgan fingerprint density at radius 3 is 2.54 bits per heavy atom. The van der Waals surface area contributed by atoms with Crippen LogP contribution < -0.4 is 19.7 Å². The molecule has 10 heteroatoms. The van der Waals surface area contributed by atoms with E-state index in [0.717, 1.165) is 25.9 Å². The third-order valence-electron chi connectivity index (χ3n) is 4.80. The topological polar surface area (TPSA) is 116 Å². The van der Waals surface area contributed by atoms with Crippen LogP contribution in [0.1, 0.15) is 12.8 Å². The van der Waals surface area contributed by atoms with E-state index < -0.39 is 4.92 Å². The number of nitrogens with zero attached hydrogens (tertiary/aromatic N) is 4. The number of rotatable bonds is 6. The summed E-state index contributed by atoms with van der Waals surface area (Å²) in [7, 11) is 3.13. The maximum Gasteiger partial charge on any atom is 0.323 e. The van der Waals surface area contributed by atoms with Crippen LogP contribution in [0.4, 0.5) is 22.7 Å². The van der Waals surface area contributed by atoms with E-state index in [1.165, 1.54) is 0 Å². The Kier molecular flexibility index (Phi) is 4.60. The summed E-state index contributed by atoms with van der Waals surface area (Å²) >= 11 is 0. The van der Waals surface area contributed by atoms with Crippen LogP contribution in [-0.2, 0) is 0 Å². The van der Waals surface area contributed by atoms with Crippen LogP contribution in [-0.4, -0.2) is 42.5 Å². The molecule has 10 nitrogen and oxygen atoms in total. The number of nitro groups is 1. The molecule has 2 heterocycles. The van der Waals surface area contributed by atoms with Gasteiger partial charge in [0.1, 0.15) is 17.2 Å². The lowest BCUT2D eigenvalue weighted by atomic mass is 10.1. The molecule has 1 N–H and O–H groups in total.